The maximum atomic E-state index is 11.7. The summed E-state index contributed by atoms with van der Waals surface area (Å²) in [4.78, 5) is 22.5. The van der Waals surface area contributed by atoms with Crippen LogP contribution in [0, 0.1) is 10.8 Å². The van der Waals surface area contributed by atoms with Crippen LogP contribution in [0.3, 0.4) is 0 Å². The first kappa shape index (κ1) is 14.1. The number of hydrogen-bond donors (Lipinski definition) is 3. The van der Waals surface area contributed by atoms with Gasteiger partial charge in [0, 0.05) is 5.41 Å². The molecule has 0 saturated heterocycles. The Hall–Kier alpha value is -0.940. The molecule has 0 saturated carbocycles. The summed E-state index contributed by atoms with van der Waals surface area (Å²) in [6, 6.07) is 0. The molecule has 5 heteroatoms. The van der Waals surface area contributed by atoms with Crippen LogP contribution in [0.15, 0.2) is 0 Å². The van der Waals surface area contributed by atoms with Gasteiger partial charge in [-0.2, -0.15) is 0 Å². The van der Waals surface area contributed by atoms with Crippen LogP contribution in [-0.2, 0) is 9.59 Å². The molecule has 0 bridgehead atoms. The van der Waals surface area contributed by atoms with Crippen molar-refractivity contribution in [1.29, 1.82) is 0 Å². The lowest BCUT2D eigenvalue weighted by Crippen LogP contribution is -2.58. The highest BCUT2D eigenvalue weighted by atomic mass is 16.5. The molecule has 0 radical (unpaired) electrons. The molecule has 88 valence electrons. The molecule has 0 aliphatic carbocycles. The summed E-state index contributed by atoms with van der Waals surface area (Å²) >= 11 is 0. The SMILES string of the molecule is CC(C)(C)C(=O)C(O)(O)C(C)(C)C(=O)O. The van der Waals surface area contributed by atoms with Crippen molar-refractivity contribution in [2.45, 2.75) is 40.4 Å². The molecule has 0 aromatic carbocycles. The molecule has 0 heterocycles. The third kappa shape index (κ3) is 2.35. The second-order valence-electron chi connectivity index (χ2n) is 5.18. The Morgan fingerprint density at radius 2 is 1.27 bits per heavy atom. The second-order valence-corrected chi connectivity index (χ2v) is 5.18. The van der Waals surface area contributed by atoms with Crippen LogP contribution in [0.1, 0.15) is 34.6 Å². The number of rotatable bonds is 3. The van der Waals surface area contributed by atoms with E-state index in [1.165, 1.54) is 20.8 Å². The van der Waals surface area contributed by atoms with Crippen LogP contribution in [0.4, 0.5) is 0 Å². The summed E-state index contributed by atoms with van der Waals surface area (Å²) in [5, 5.41) is 28.1. The molecule has 0 aromatic rings. The number of carbonyl (C=O) groups excluding carboxylic acids is 1. The smallest absolute Gasteiger partial charge is 0.315 e. The maximum absolute atomic E-state index is 11.7. The van der Waals surface area contributed by atoms with Gasteiger partial charge < -0.3 is 15.3 Å². The van der Waals surface area contributed by atoms with Crippen molar-refractivity contribution < 1.29 is 24.9 Å². The summed E-state index contributed by atoms with van der Waals surface area (Å²) in [6.07, 6.45) is 0. The van der Waals surface area contributed by atoms with Crippen molar-refractivity contribution in [3.05, 3.63) is 0 Å². The molecule has 0 aliphatic rings. The highest BCUT2D eigenvalue weighted by Crippen LogP contribution is 2.35. The van der Waals surface area contributed by atoms with Crippen molar-refractivity contribution in [2.75, 3.05) is 0 Å². The van der Waals surface area contributed by atoms with Crippen LogP contribution < -0.4 is 0 Å². The van der Waals surface area contributed by atoms with Crippen molar-refractivity contribution >= 4 is 11.8 Å². The van der Waals surface area contributed by atoms with E-state index in [-0.39, 0.29) is 0 Å². The van der Waals surface area contributed by atoms with E-state index in [1.807, 2.05) is 0 Å². The average Bonchev–Trinajstić information content (AvgIpc) is 2.00. The van der Waals surface area contributed by atoms with Gasteiger partial charge in [-0.15, -0.1) is 0 Å². The zero-order chi connectivity index (χ0) is 12.7. The number of aliphatic carboxylic acids is 1. The third-order valence-corrected chi connectivity index (χ3v) is 2.40. The van der Waals surface area contributed by atoms with Crippen molar-refractivity contribution in [2.24, 2.45) is 10.8 Å². The van der Waals surface area contributed by atoms with Gasteiger partial charge >= 0.3 is 5.97 Å². The summed E-state index contributed by atoms with van der Waals surface area (Å²) in [5.74, 6) is -5.23. The fourth-order valence-corrected chi connectivity index (χ4v) is 0.956. The molecule has 0 spiro atoms. The number of carboxylic acid groups (broad SMARTS) is 1. The first-order chi connectivity index (χ1) is 6.35. The molecule has 0 fully saturated rings. The van der Waals surface area contributed by atoms with Crippen LogP contribution in [0.5, 0.6) is 0 Å². The Morgan fingerprint density at radius 3 is 1.47 bits per heavy atom. The molecule has 0 aliphatic heterocycles. The van der Waals surface area contributed by atoms with Crippen LogP contribution >= 0.6 is 0 Å². The van der Waals surface area contributed by atoms with E-state index in [0.29, 0.717) is 0 Å². The molecular weight excluding hydrogens is 200 g/mol. The highest BCUT2D eigenvalue weighted by Gasteiger charge is 2.56. The van der Waals surface area contributed by atoms with E-state index in [4.69, 9.17) is 5.11 Å². The number of aliphatic hydroxyl groups is 2. The predicted octanol–water partition coefficient (Wildman–Crippen LogP) is 0.393. The molecule has 0 atom stereocenters. The lowest BCUT2D eigenvalue weighted by molar-refractivity contribution is -0.235. The summed E-state index contributed by atoms with van der Waals surface area (Å²) in [6.45, 7) is 6.68. The Morgan fingerprint density at radius 1 is 0.933 bits per heavy atom. The van der Waals surface area contributed by atoms with E-state index in [1.54, 1.807) is 0 Å². The number of carboxylic acids is 1. The van der Waals surface area contributed by atoms with E-state index in [9.17, 15) is 19.8 Å². The van der Waals surface area contributed by atoms with Gasteiger partial charge in [-0.3, -0.25) is 9.59 Å². The maximum Gasteiger partial charge on any atom is 0.315 e. The van der Waals surface area contributed by atoms with Crippen LogP contribution in [-0.4, -0.2) is 32.9 Å². The minimum atomic E-state index is -2.88. The van der Waals surface area contributed by atoms with Crippen LogP contribution in [0.2, 0.25) is 0 Å². The quantitative estimate of drug-likeness (QED) is 0.596. The van der Waals surface area contributed by atoms with E-state index in [0.717, 1.165) is 13.8 Å². The largest absolute Gasteiger partial charge is 0.481 e. The fourth-order valence-electron chi connectivity index (χ4n) is 0.956. The van der Waals surface area contributed by atoms with Gasteiger partial charge in [-0.25, -0.2) is 0 Å². The zero-order valence-electron chi connectivity index (χ0n) is 9.66. The lowest BCUT2D eigenvalue weighted by atomic mass is 9.73. The van der Waals surface area contributed by atoms with Crippen molar-refractivity contribution in [3.63, 3.8) is 0 Å². The third-order valence-electron chi connectivity index (χ3n) is 2.40. The predicted molar refractivity (Wildman–Crippen MR) is 53.0 cm³/mol. The van der Waals surface area contributed by atoms with E-state index >= 15 is 0 Å². The molecule has 0 amide bonds. The topological polar surface area (TPSA) is 94.8 Å². The van der Waals surface area contributed by atoms with Crippen LogP contribution in [0.25, 0.3) is 0 Å². The molecule has 3 N–H and O–H groups in total. The van der Waals surface area contributed by atoms with Gasteiger partial charge in [-0.05, 0) is 13.8 Å². The van der Waals surface area contributed by atoms with Gasteiger partial charge in [0.15, 0.2) is 5.78 Å². The Balaban J connectivity index is 5.33. The Kier molecular flexibility index (Phi) is 3.35. The average molecular weight is 218 g/mol. The zero-order valence-corrected chi connectivity index (χ0v) is 9.66. The first-order valence-electron chi connectivity index (χ1n) is 4.58. The normalized spacial score (nSPS) is 13.8. The first-order valence-corrected chi connectivity index (χ1v) is 4.58. The molecular formula is C10H18O5. The molecule has 0 aromatic heterocycles. The van der Waals surface area contributed by atoms with Crippen molar-refractivity contribution in [1.82, 2.24) is 0 Å². The second kappa shape index (κ2) is 3.57. The Bertz CT molecular complexity index is 283. The fraction of sp³-hybridized carbons (Fsp3) is 0.800. The standard InChI is InChI=1S/C10H18O5/c1-8(2,3)6(11)10(14,15)9(4,5)7(12)13/h14-15H,1-5H3,(H,12,13). The minimum Gasteiger partial charge on any atom is -0.481 e. The summed E-state index contributed by atoms with van der Waals surface area (Å²) < 4.78 is 0. The molecule has 15 heavy (non-hydrogen) atoms. The lowest BCUT2D eigenvalue weighted by Gasteiger charge is -2.37. The van der Waals surface area contributed by atoms with Gasteiger partial charge in [-0.1, -0.05) is 20.8 Å². The Labute approximate surface area is 88.7 Å². The van der Waals surface area contributed by atoms with Gasteiger partial charge in [0.25, 0.3) is 0 Å². The minimum absolute atomic E-state index is 0.914. The number of Topliss-reactive ketones (excluding diaryl/α,β-unsaturated/α-hetero) is 1. The van der Waals surface area contributed by atoms with E-state index in [2.05, 4.69) is 0 Å². The number of carbonyl (C=O) groups is 2. The van der Waals surface area contributed by atoms with Gasteiger partial charge in [0.1, 0.15) is 5.41 Å². The number of ketones is 1. The highest BCUT2D eigenvalue weighted by molar-refractivity contribution is 5.95. The van der Waals surface area contributed by atoms with Gasteiger partial charge in [0.2, 0.25) is 5.79 Å². The summed E-state index contributed by atoms with van der Waals surface area (Å²) in [5.41, 5.74) is -2.96. The number of hydrogen-bond acceptors (Lipinski definition) is 4. The molecule has 5 nitrogen and oxygen atoms in total. The van der Waals surface area contributed by atoms with E-state index < -0.39 is 28.4 Å². The van der Waals surface area contributed by atoms with Crippen molar-refractivity contribution in [3.8, 4) is 0 Å². The molecule has 0 rings (SSSR count). The monoisotopic (exact) mass is 218 g/mol. The van der Waals surface area contributed by atoms with Gasteiger partial charge in [0.05, 0.1) is 0 Å². The molecule has 0 unspecified atom stereocenters. The summed E-state index contributed by atoms with van der Waals surface area (Å²) in [7, 11) is 0.